The second-order valence-corrected chi connectivity index (χ2v) is 8.37. The highest BCUT2D eigenvalue weighted by atomic mass is 32.2. The minimum absolute atomic E-state index is 0.00663. The third-order valence-electron chi connectivity index (χ3n) is 4.26. The summed E-state index contributed by atoms with van der Waals surface area (Å²) in [5, 5.41) is 11.2. The highest BCUT2D eigenvalue weighted by Gasteiger charge is 2.42. The van der Waals surface area contributed by atoms with Gasteiger partial charge < -0.3 is 5.11 Å². The van der Waals surface area contributed by atoms with Crippen LogP contribution in [0.25, 0.3) is 11.1 Å². The number of aliphatic carboxylic acids is 1. The van der Waals surface area contributed by atoms with Crippen LogP contribution in [-0.4, -0.2) is 38.0 Å². The molecule has 28 heavy (non-hydrogen) atoms. The van der Waals surface area contributed by atoms with Crippen molar-refractivity contribution >= 4 is 15.8 Å². The molecule has 0 saturated carbocycles. The first-order valence-electron chi connectivity index (χ1n) is 8.39. The van der Waals surface area contributed by atoms with Crippen molar-refractivity contribution in [2.24, 2.45) is 0 Å². The van der Waals surface area contributed by atoms with Gasteiger partial charge >= 0.3 is 12.1 Å². The van der Waals surface area contributed by atoms with Crippen LogP contribution in [-0.2, 0) is 14.6 Å². The molecule has 0 fully saturated rings. The highest BCUT2D eigenvalue weighted by Crippen LogP contribution is 2.34. The Morgan fingerprint density at radius 1 is 1.04 bits per heavy atom. The predicted octanol–water partition coefficient (Wildman–Crippen LogP) is 3.81. The van der Waals surface area contributed by atoms with E-state index in [-0.39, 0.29) is 16.9 Å². The molecule has 2 rings (SSSR count). The van der Waals surface area contributed by atoms with Crippen LogP contribution in [0.15, 0.2) is 53.4 Å². The quantitative estimate of drug-likeness (QED) is 0.719. The molecular formula is C19H20F3NO4S. The van der Waals surface area contributed by atoms with E-state index in [2.05, 4.69) is 5.32 Å². The average molecular weight is 415 g/mol. The van der Waals surface area contributed by atoms with E-state index in [0.717, 1.165) is 6.26 Å². The molecule has 0 spiro atoms. The maximum Gasteiger partial charge on any atom is 0.407 e. The summed E-state index contributed by atoms with van der Waals surface area (Å²) in [6.45, 7) is 1.49. The van der Waals surface area contributed by atoms with Crippen molar-refractivity contribution in [3.63, 3.8) is 0 Å². The molecule has 2 N–H and O–H groups in total. The van der Waals surface area contributed by atoms with Gasteiger partial charge in [0, 0.05) is 6.26 Å². The fourth-order valence-corrected chi connectivity index (χ4v) is 3.34. The van der Waals surface area contributed by atoms with Gasteiger partial charge in [-0.25, -0.2) is 8.42 Å². The van der Waals surface area contributed by atoms with Crippen LogP contribution in [0, 0.1) is 0 Å². The molecule has 0 aliphatic carbocycles. The minimum Gasteiger partial charge on any atom is -0.480 e. The van der Waals surface area contributed by atoms with E-state index in [4.69, 9.17) is 5.11 Å². The van der Waals surface area contributed by atoms with Gasteiger partial charge in [0.15, 0.2) is 9.84 Å². The topological polar surface area (TPSA) is 83.5 Å². The van der Waals surface area contributed by atoms with Crippen LogP contribution in [0.4, 0.5) is 13.2 Å². The number of carbonyl (C=O) groups is 1. The number of sulfone groups is 1. The van der Waals surface area contributed by atoms with Crippen molar-refractivity contribution in [2.75, 3.05) is 6.26 Å². The second kappa shape index (κ2) is 8.32. The lowest BCUT2D eigenvalue weighted by atomic mass is 9.99. The van der Waals surface area contributed by atoms with E-state index < -0.39 is 34.1 Å². The largest absolute Gasteiger partial charge is 0.480 e. The normalized spacial score (nSPS) is 14.5. The van der Waals surface area contributed by atoms with E-state index in [1.807, 2.05) is 0 Å². The number of halogens is 3. The number of rotatable bonds is 7. The van der Waals surface area contributed by atoms with E-state index >= 15 is 0 Å². The van der Waals surface area contributed by atoms with E-state index in [1.165, 1.54) is 43.3 Å². The molecule has 0 saturated heterocycles. The molecule has 2 aromatic rings. The van der Waals surface area contributed by atoms with Crippen molar-refractivity contribution < 1.29 is 31.5 Å². The molecule has 0 bridgehead atoms. The standard InChI is InChI=1S/C19H20F3NO4S/c1-3-16(18(24)25)23-17(19(20,21)22)14-6-4-12(5-7-14)13-8-10-15(11-9-13)28(2,26)27/h4-11,16-17,23H,3H2,1-2H3,(H,24,25)/t16-,17-/m0/s1. The number of benzene rings is 2. The lowest BCUT2D eigenvalue weighted by molar-refractivity contribution is -0.163. The molecule has 0 heterocycles. The number of nitrogens with one attached hydrogen (secondary N) is 1. The predicted molar refractivity (Wildman–Crippen MR) is 98.6 cm³/mol. The molecule has 0 aromatic heterocycles. The summed E-state index contributed by atoms with van der Waals surface area (Å²) in [6.07, 6.45) is -3.57. The highest BCUT2D eigenvalue weighted by molar-refractivity contribution is 7.90. The maximum absolute atomic E-state index is 13.4. The molecule has 0 aliphatic rings. The molecule has 2 atom stereocenters. The van der Waals surface area contributed by atoms with E-state index in [9.17, 15) is 26.4 Å². The van der Waals surface area contributed by atoms with Gasteiger partial charge in [-0.2, -0.15) is 13.2 Å². The molecule has 152 valence electrons. The zero-order valence-electron chi connectivity index (χ0n) is 15.2. The summed E-state index contributed by atoms with van der Waals surface area (Å²) in [6, 6.07) is 8.07. The monoisotopic (exact) mass is 415 g/mol. The Morgan fingerprint density at radius 2 is 1.50 bits per heavy atom. The summed E-state index contributed by atoms with van der Waals surface area (Å²) in [4.78, 5) is 11.2. The number of hydrogen-bond donors (Lipinski definition) is 2. The molecule has 9 heteroatoms. The van der Waals surface area contributed by atoms with E-state index in [1.54, 1.807) is 12.1 Å². The Labute approximate surface area is 161 Å². The summed E-state index contributed by atoms with van der Waals surface area (Å²) in [5.74, 6) is -1.35. The van der Waals surface area contributed by atoms with Crippen LogP contribution < -0.4 is 5.32 Å². The number of hydrogen-bond acceptors (Lipinski definition) is 4. The summed E-state index contributed by atoms with van der Waals surface area (Å²) in [5.41, 5.74) is 1.14. The van der Waals surface area contributed by atoms with Gasteiger partial charge in [0.1, 0.15) is 12.1 Å². The minimum atomic E-state index is -4.67. The van der Waals surface area contributed by atoms with Crippen molar-refractivity contribution in [2.45, 2.75) is 36.5 Å². The molecule has 0 amide bonds. The van der Waals surface area contributed by atoms with Crippen molar-refractivity contribution in [3.05, 3.63) is 54.1 Å². The van der Waals surface area contributed by atoms with Gasteiger partial charge in [-0.3, -0.25) is 10.1 Å². The van der Waals surface area contributed by atoms with Crippen molar-refractivity contribution in [1.82, 2.24) is 5.32 Å². The Morgan fingerprint density at radius 3 is 1.86 bits per heavy atom. The second-order valence-electron chi connectivity index (χ2n) is 6.36. The molecule has 5 nitrogen and oxygen atoms in total. The Bertz CT molecular complexity index is 923. The van der Waals surface area contributed by atoms with Gasteiger partial charge in [-0.05, 0) is 35.2 Å². The Balaban J connectivity index is 2.31. The maximum atomic E-state index is 13.4. The summed E-state index contributed by atoms with van der Waals surface area (Å²) in [7, 11) is -3.34. The summed E-state index contributed by atoms with van der Waals surface area (Å²) < 4.78 is 63.3. The zero-order valence-corrected chi connectivity index (χ0v) is 16.0. The van der Waals surface area contributed by atoms with Gasteiger partial charge in [0.25, 0.3) is 0 Å². The van der Waals surface area contributed by atoms with Gasteiger partial charge in [-0.15, -0.1) is 0 Å². The number of alkyl halides is 3. The van der Waals surface area contributed by atoms with Crippen LogP contribution in [0.1, 0.15) is 24.9 Å². The van der Waals surface area contributed by atoms with Crippen LogP contribution in [0.5, 0.6) is 0 Å². The molecule has 0 radical (unpaired) electrons. The SMILES string of the molecule is CC[C@H](N[C@@H](c1ccc(-c2ccc(S(C)(=O)=O)cc2)cc1)C(F)(F)F)C(=O)O. The van der Waals surface area contributed by atoms with Gasteiger partial charge in [0.2, 0.25) is 0 Å². The molecular weight excluding hydrogens is 395 g/mol. The van der Waals surface area contributed by atoms with Gasteiger partial charge in [-0.1, -0.05) is 43.3 Å². The first-order chi connectivity index (χ1) is 12.9. The van der Waals surface area contributed by atoms with Gasteiger partial charge in [0.05, 0.1) is 4.90 Å². The van der Waals surface area contributed by atoms with Crippen LogP contribution in [0.2, 0.25) is 0 Å². The Hall–Kier alpha value is -2.39. The van der Waals surface area contributed by atoms with Crippen LogP contribution >= 0.6 is 0 Å². The van der Waals surface area contributed by atoms with Crippen molar-refractivity contribution in [1.29, 1.82) is 0 Å². The number of carboxylic acids is 1. The first kappa shape index (κ1) is 21.9. The molecule has 0 aliphatic heterocycles. The Kier molecular flexibility index (Phi) is 6.51. The van der Waals surface area contributed by atoms with Crippen molar-refractivity contribution in [3.8, 4) is 11.1 Å². The third kappa shape index (κ3) is 5.32. The first-order valence-corrected chi connectivity index (χ1v) is 10.3. The average Bonchev–Trinajstić information content (AvgIpc) is 2.61. The zero-order chi connectivity index (χ0) is 21.1. The lowest BCUT2D eigenvalue weighted by Crippen LogP contribution is -2.44. The third-order valence-corrected chi connectivity index (χ3v) is 5.39. The van der Waals surface area contributed by atoms with Crippen LogP contribution in [0.3, 0.4) is 0 Å². The lowest BCUT2D eigenvalue weighted by Gasteiger charge is -2.25. The molecule has 2 aromatic carbocycles. The fourth-order valence-electron chi connectivity index (χ4n) is 2.71. The van der Waals surface area contributed by atoms with E-state index in [0.29, 0.717) is 11.1 Å². The summed E-state index contributed by atoms with van der Waals surface area (Å²) >= 11 is 0. The number of carboxylic acid groups (broad SMARTS) is 1. The molecule has 0 unspecified atom stereocenters. The smallest absolute Gasteiger partial charge is 0.407 e. The fraction of sp³-hybridized carbons (Fsp3) is 0.316.